The highest BCUT2D eigenvalue weighted by atomic mass is 16.3. The van der Waals surface area contributed by atoms with Crippen LogP contribution >= 0.6 is 0 Å². The molecule has 2 aliphatic heterocycles. The van der Waals surface area contributed by atoms with Gasteiger partial charge in [0, 0.05) is 30.7 Å². The van der Waals surface area contributed by atoms with Gasteiger partial charge in [-0.3, -0.25) is 9.69 Å². The van der Waals surface area contributed by atoms with Crippen LogP contribution in [-0.4, -0.2) is 52.5 Å². The Balaban J connectivity index is 1.80. The standard InChI is InChI=1S/C15H21N3O2/c1-10-8-17-6-2-3-12(17)9-18(10)15(20)11-4-5-13(16)14(19)7-11/h4-5,7,10,12,19H,2-3,6,8-9,16H2,1H3. The number of piperazine rings is 1. The minimum atomic E-state index is -0.0250. The van der Waals surface area contributed by atoms with Crippen LogP contribution in [0.2, 0.25) is 0 Å². The minimum Gasteiger partial charge on any atom is -0.506 e. The summed E-state index contributed by atoms with van der Waals surface area (Å²) in [5.41, 5.74) is 6.39. The number of amides is 1. The molecule has 0 saturated carbocycles. The number of benzene rings is 1. The maximum Gasteiger partial charge on any atom is 0.254 e. The number of fused-ring (bicyclic) bond motifs is 1. The quantitative estimate of drug-likeness (QED) is 0.598. The second-order valence-corrected chi connectivity index (χ2v) is 5.87. The molecule has 2 fully saturated rings. The number of phenolic OH excluding ortho intramolecular Hbond substituents is 1. The van der Waals surface area contributed by atoms with E-state index in [1.165, 1.54) is 18.9 Å². The third-order valence-electron chi connectivity index (χ3n) is 4.48. The molecule has 3 rings (SSSR count). The van der Waals surface area contributed by atoms with E-state index >= 15 is 0 Å². The number of aromatic hydroxyl groups is 1. The molecule has 0 bridgehead atoms. The fourth-order valence-corrected chi connectivity index (χ4v) is 3.31. The number of anilines is 1. The predicted molar refractivity (Wildman–Crippen MR) is 77.6 cm³/mol. The van der Waals surface area contributed by atoms with E-state index in [-0.39, 0.29) is 17.7 Å². The van der Waals surface area contributed by atoms with Crippen molar-refractivity contribution in [3.63, 3.8) is 0 Å². The summed E-state index contributed by atoms with van der Waals surface area (Å²) in [6, 6.07) is 5.43. The normalized spacial score (nSPS) is 26.6. The van der Waals surface area contributed by atoms with Crippen LogP contribution in [0.4, 0.5) is 5.69 Å². The number of carbonyl (C=O) groups is 1. The molecule has 5 heteroatoms. The summed E-state index contributed by atoms with van der Waals surface area (Å²) in [6.45, 7) is 4.96. The number of nitrogens with zero attached hydrogens (tertiary/aromatic N) is 2. The highest BCUT2D eigenvalue weighted by Gasteiger charge is 2.36. The van der Waals surface area contributed by atoms with E-state index < -0.39 is 0 Å². The Kier molecular flexibility index (Phi) is 3.30. The lowest BCUT2D eigenvalue weighted by atomic mass is 10.1. The van der Waals surface area contributed by atoms with Gasteiger partial charge in [-0.2, -0.15) is 0 Å². The van der Waals surface area contributed by atoms with Crippen LogP contribution in [0.1, 0.15) is 30.1 Å². The van der Waals surface area contributed by atoms with Crippen molar-refractivity contribution in [3.05, 3.63) is 23.8 Å². The van der Waals surface area contributed by atoms with E-state index in [9.17, 15) is 9.90 Å². The van der Waals surface area contributed by atoms with Crippen molar-refractivity contribution in [2.45, 2.75) is 31.8 Å². The molecule has 20 heavy (non-hydrogen) atoms. The molecular formula is C15H21N3O2. The van der Waals surface area contributed by atoms with E-state index in [1.54, 1.807) is 12.1 Å². The van der Waals surface area contributed by atoms with Gasteiger partial charge in [0.2, 0.25) is 0 Å². The first-order valence-electron chi connectivity index (χ1n) is 7.20. The molecular weight excluding hydrogens is 254 g/mol. The van der Waals surface area contributed by atoms with Crippen LogP contribution in [0.5, 0.6) is 5.75 Å². The third kappa shape index (κ3) is 2.22. The highest BCUT2D eigenvalue weighted by molar-refractivity contribution is 5.95. The summed E-state index contributed by atoms with van der Waals surface area (Å²) in [5.74, 6) is -0.0395. The van der Waals surface area contributed by atoms with Gasteiger partial charge in [0.15, 0.2) is 0 Å². The van der Waals surface area contributed by atoms with Crippen molar-refractivity contribution in [3.8, 4) is 5.75 Å². The molecule has 0 radical (unpaired) electrons. The SMILES string of the molecule is CC1CN2CCCC2CN1C(=O)c1ccc(N)c(O)c1. The average Bonchev–Trinajstić information content (AvgIpc) is 2.87. The summed E-state index contributed by atoms with van der Waals surface area (Å²) in [5, 5.41) is 9.66. The van der Waals surface area contributed by atoms with Crippen molar-refractivity contribution >= 4 is 11.6 Å². The van der Waals surface area contributed by atoms with Crippen LogP contribution in [-0.2, 0) is 0 Å². The molecule has 2 aliphatic rings. The van der Waals surface area contributed by atoms with Gasteiger partial charge in [0.25, 0.3) is 5.91 Å². The van der Waals surface area contributed by atoms with Crippen LogP contribution in [0, 0.1) is 0 Å². The van der Waals surface area contributed by atoms with Gasteiger partial charge < -0.3 is 15.7 Å². The zero-order chi connectivity index (χ0) is 14.3. The van der Waals surface area contributed by atoms with E-state index in [2.05, 4.69) is 11.8 Å². The predicted octanol–water partition coefficient (Wildman–Crippen LogP) is 1.28. The Morgan fingerprint density at radius 1 is 1.40 bits per heavy atom. The fraction of sp³-hybridized carbons (Fsp3) is 0.533. The summed E-state index contributed by atoms with van der Waals surface area (Å²) < 4.78 is 0. The first-order chi connectivity index (χ1) is 9.56. The van der Waals surface area contributed by atoms with Gasteiger partial charge in [0.1, 0.15) is 5.75 Å². The summed E-state index contributed by atoms with van der Waals surface area (Å²) in [7, 11) is 0. The molecule has 108 valence electrons. The molecule has 2 atom stereocenters. The largest absolute Gasteiger partial charge is 0.506 e. The molecule has 0 aliphatic carbocycles. The topological polar surface area (TPSA) is 69.8 Å². The molecule has 0 spiro atoms. The van der Waals surface area contributed by atoms with Crippen molar-refractivity contribution in [2.75, 3.05) is 25.4 Å². The Bertz CT molecular complexity index is 532. The van der Waals surface area contributed by atoms with Gasteiger partial charge in [-0.05, 0) is 44.5 Å². The Morgan fingerprint density at radius 2 is 2.20 bits per heavy atom. The lowest BCUT2D eigenvalue weighted by Crippen LogP contribution is -2.56. The summed E-state index contributed by atoms with van der Waals surface area (Å²) >= 11 is 0. The minimum absolute atomic E-state index is 0.0145. The second kappa shape index (κ2) is 4.98. The van der Waals surface area contributed by atoms with E-state index in [0.717, 1.165) is 19.6 Å². The monoisotopic (exact) mass is 275 g/mol. The number of hydrogen-bond acceptors (Lipinski definition) is 4. The number of hydrogen-bond donors (Lipinski definition) is 2. The Hall–Kier alpha value is -1.75. The number of phenols is 1. The van der Waals surface area contributed by atoms with Gasteiger partial charge in [-0.25, -0.2) is 0 Å². The molecule has 1 aromatic carbocycles. The number of nitrogens with two attached hydrogens (primary N) is 1. The average molecular weight is 275 g/mol. The Labute approximate surface area is 119 Å². The maximum absolute atomic E-state index is 12.6. The Morgan fingerprint density at radius 3 is 2.95 bits per heavy atom. The summed E-state index contributed by atoms with van der Waals surface area (Å²) in [4.78, 5) is 17.0. The van der Waals surface area contributed by atoms with Gasteiger partial charge >= 0.3 is 0 Å². The second-order valence-electron chi connectivity index (χ2n) is 5.87. The first kappa shape index (κ1) is 13.2. The molecule has 3 N–H and O–H groups in total. The van der Waals surface area contributed by atoms with Crippen molar-refractivity contribution in [2.24, 2.45) is 0 Å². The van der Waals surface area contributed by atoms with Crippen molar-refractivity contribution < 1.29 is 9.90 Å². The summed E-state index contributed by atoms with van der Waals surface area (Å²) in [6.07, 6.45) is 2.39. The van der Waals surface area contributed by atoms with Gasteiger partial charge in [-0.15, -0.1) is 0 Å². The van der Waals surface area contributed by atoms with Gasteiger partial charge in [-0.1, -0.05) is 0 Å². The zero-order valence-electron chi connectivity index (χ0n) is 11.7. The highest BCUT2D eigenvalue weighted by Crippen LogP contribution is 2.27. The number of nitrogen functional groups attached to an aromatic ring is 1. The van der Waals surface area contributed by atoms with Crippen molar-refractivity contribution in [1.82, 2.24) is 9.80 Å². The molecule has 1 aromatic rings. The molecule has 2 heterocycles. The van der Waals surface area contributed by atoms with E-state index in [1.807, 2.05) is 4.90 Å². The maximum atomic E-state index is 12.6. The first-order valence-corrected chi connectivity index (χ1v) is 7.20. The third-order valence-corrected chi connectivity index (χ3v) is 4.48. The van der Waals surface area contributed by atoms with E-state index in [4.69, 9.17) is 5.73 Å². The van der Waals surface area contributed by atoms with Crippen LogP contribution < -0.4 is 5.73 Å². The molecule has 1 amide bonds. The lowest BCUT2D eigenvalue weighted by Gasteiger charge is -2.42. The lowest BCUT2D eigenvalue weighted by molar-refractivity contribution is 0.0395. The molecule has 2 saturated heterocycles. The zero-order valence-corrected chi connectivity index (χ0v) is 11.7. The fourth-order valence-electron chi connectivity index (χ4n) is 3.31. The van der Waals surface area contributed by atoms with Crippen LogP contribution in [0.3, 0.4) is 0 Å². The smallest absolute Gasteiger partial charge is 0.254 e. The van der Waals surface area contributed by atoms with Crippen molar-refractivity contribution in [1.29, 1.82) is 0 Å². The van der Waals surface area contributed by atoms with E-state index in [0.29, 0.717) is 17.3 Å². The van der Waals surface area contributed by atoms with Gasteiger partial charge in [0.05, 0.1) is 5.69 Å². The number of carbonyl (C=O) groups excluding carboxylic acids is 1. The molecule has 5 nitrogen and oxygen atoms in total. The number of rotatable bonds is 1. The van der Waals surface area contributed by atoms with Crippen LogP contribution in [0.25, 0.3) is 0 Å². The van der Waals surface area contributed by atoms with Crippen LogP contribution in [0.15, 0.2) is 18.2 Å². The molecule has 0 aromatic heterocycles. The molecule has 2 unspecified atom stereocenters.